The fourth-order valence-electron chi connectivity index (χ4n) is 2.55. The van der Waals surface area contributed by atoms with Gasteiger partial charge in [-0.1, -0.05) is 0 Å². The molecule has 1 aliphatic heterocycles. The Balaban J connectivity index is 1.70. The van der Waals surface area contributed by atoms with Crippen LogP contribution in [0.15, 0.2) is 12.4 Å². The van der Waals surface area contributed by atoms with Crippen LogP contribution < -0.4 is 0 Å². The number of carbonyl (C=O) groups is 1. The van der Waals surface area contributed by atoms with E-state index in [0.717, 1.165) is 35.9 Å². The van der Waals surface area contributed by atoms with Crippen LogP contribution >= 0.6 is 0 Å². The quantitative estimate of drug-likeness (QED) is 0.832. The molecule has 0 atom stereocenters. The average Bonchev–Trinajstić information content (AvgIpc) is 2.94. The van der Waals surface area contributed by atoms with E-state index in [4.69, 9.17) is 0 Å². The minimum atomic E-state index is 0.162. The first-order chi connectivity index (χ1) is 9.13. The molecule has 0 spiro atoms. The molecule has 3 rings (SSSR count). The number of aromatic nitrogens is 4. The van der Waals surface area contributed by atoms with E-state index in [2.05, 4.69) is 20.1 Å². The van der Waals surface area contributed by atoms with Crippen molar-refractivity contribution in [3.05, 3.63) is 35.2 Å². The smallest absolute Gasteiger partial charge is 0.178 e. The van der Waals surface area contributed by atoms with Crippen LogP contribution in [0.1, 0.15) is 27.6 Å². The molecule has 0 aromatic carbocycles. The summed E-state index contributed by atoms with van der Waals surface area (Å²) >= 11 is 0. The van der Waals surface area contributed by atoms with E-state index in [0.29, 0.717) is 13.1 Å². The fraction of sp³-hybridized carbons (Fsp3) is 0.462. The number of aryl methyl sites for hydroxylation is 2. The molecule has 6 nitrogen and oxygen atoms in total. The Kier molecular flexibility index (Phi) is 2.94. The Morgan fingerprint density at radius 2 is 2.26 bits per heavy atom. The lowest BCUT2D eigenvalue weighted by Gasteiger charge is -2.26. The molecule has 0 unspecified atom stereocenters. The van der Waals surface area contributed by atoms with Crippen molar-refractivity contribution in [2.45, 2.75) is 26.9 Å². The van der Waals surface area contributed by atoms with Crippen molar-refractivity contribution in [1.82, 2.24) is 24.6 Å². The third-order valence-electron chi connectivity index (χ3n) is 3.54. The topological polar surface area (TPSA) is 66.8 Å². The van der Waals surface area contributed by atoms with E-state index >= 15 is 0 Å². The maximum Gasteiger partial charge on any atom is 0.178 e. The Hall–Kier alpha value is -1.95. The number of nitrogens with zero attached hydrogens (tertiary/aromatic N) is 4. The average molecular weight is 259 g/mol. The molecule has 0 bridgehead atoms. The Morgan fingerprint density at radius 3 is 3.00 bits per heavy atom. The predicted molar refractivity (Wildman–Crippen MR) is 69.9 cm³/mol. The summed E-state index contributed by atoms with van der Waals surface area (Å²) in [5.41, 5.74) is 2.77. The Labute approximate surface area is 111 Å². The van der Waals surface area contributed by atoms with E-state index in [1.165, 1.54) is 0 Å². The zero-order valence-electron chi connectivity index (χ0n) is 11.2. The highest BCUT2D eigenvalue weighted by Crippen LogP contribution is 2.13. The Bertz CT molecular complexity index is 612. The highest BCUT2D eigenvalue weighted by Gasteiger charge is 2.21. The van der Waals surface area contributed by atoms with Gasteiger partial charge in [0.25, 0.3) is 0 Å². The maximum absolute atomic E-state index is 12.3. The first-order valence-electron chi connectivity index (χ1n) is 6.42. The molecule has 2 aromatic rings. The van der Waals surface area contributed by atoms with E-state index < -0.39 is 0 Å². The van der Waals surface area contributed by atoms with Gasteiger partial charge in [-0.15, -0.1) is 10.2 Å². The van der Waals surface area contributed by atoms with Crippen LogP contribution in [-0.2, 0) is 13.1 Å². The molecule has 2 aromatic heterocycles. The van der Waals surface area contributed by atoms with Crippen molar-refractivity contribution in [1.29, 1.82) is 0 Å². The van der Waals surface area contributed by atoms with Crippen molar-refractivity contribution in [2.24, 2.45) is 0 Å². The van der Waals surface area contributed by atoms with Crippen LogP contribution in [0.25, 0.3) is 0 Å². The molecular weight excluding hydrogens is 242 g/mol. The lowest BCUT2D eigenvalue weighted by Crippen LogP contribution is -2.37. The first kappa shape index (κ1) is 12.1. The number of carbonyl (C=O) groups excluding carboxylic acids is 1. The molecule has 0 aliphatic carbocycles. The predicted octanol–water partition coefficient (Wildman–Crippen LogP) is 0.922. The monoisotopic (exact) mass is 259 g/mol. The van der Waals surface area contributed by atoms with Gasteiger partial charge in [0.15, 0.2) is 5.78 Å². The number of ketones is 1. The highest BCUT2D eigenvalue weighted by atomic mass is 16.1. The van der Waals surface area contributed by atoms with E-state index in [-0.39, 0.29) is 5.78 Å². The van der Waals surface area contributed by atoms with Crippen molar-refractivity contribution in [2.75, 3.05) is 13.1 Å². The van der Waals surface area contributed by atoms with Crippen molar-refractivity contribution in [3.63, 3.8) is 0 Å². The van der Waals surface area contributed by atoms with Gasteiger partial charge in [-0.05, 0) is 19.9 Å². The van der Waals surface area contributed by atoms with E-state index in [9.17, 15) is 4.79 Å². The minimum Gasteiger partial charge on any atom is -0.362 e. The molecule has 100 valence electrons. The van der Waals surface area contributed by atoms with E-state index in [1.807, 2.05) is 24.5 Å². The summed E-state index contributed by atoms with van der Waals surface area (Å²) in [5.74, 6) is 1.09. The molecular formula is C13H17N5O. The fourth-order valence-corrected chi connectivity index (χ4v) is 2.55. The maximum atomic E-state index is 12.3. The Morgan fingerprint density at radius 1 is 1.42 bits per heavy atom. The molecule has 6 heteroatoms. The summed E-state index contributed by atoms with van der Waals surface area (Å²) < 4.78 is 2.03. The van der Waals surface area contributed by atoms with Crippen LogP contribution in [0, 0.1) is 13.8 Å². The molecule has 1 aliphatic rings. The second kappa shape index (κ2) is 4.62. The summed E-state index contributed by atoms with van der Waals surface area (Å²) in [4.78, 5) is 17.6. The van der Waals surface area contributed by atoms with Crippen molar-refractivity contribution < 1.29 is 4.79 Å². The van der Waals surface area contributed by atoms with E-state index in [1.54, 1.807) is 6.33 Å². The lowest BCUT2D eigenvalue weighted by atomic mass is 10.1. The number of fused-ring (bicyclic) bond motifs is 1. The lowest BCUT2D eigenvalue weighted by molar-refractivity contribution is 0.0907. The SMILES string of the molecule is Cc1cc(C(=O)CN2CCn3cnnc3C2)c(C)[nH]1. The van der Waals surface area contributed by atoms with Crippen LogP contribution in [0.2, 0.25) is 0 Å². The highest BCUT2D eigenvalue weighted by molar-refractivity contribution is 5.98. The zero-order chi connectivity index (χ0) is 13.4. The van der Waals surface area contributed by atoms with Gasteiger partial charge in [-0.3, -0.25) is 9.69 Å². The summed E-state index contributed by atoms with van der Waals surface area (Å²) in [5, 5.41) is 7.95. The number of H-pyrrole nitrogens is 1. The van der Waals surface area contributed by atoms with Gasteiger partial charge in [-0.2, -0.15) is 0 Å². The third kappa shape index (κ3) is 2.31. The van der Waals surface area contributed by atoms with Crippen LogP contribution in [0.4, 0.5) is 0 Å². The normalized spacial score (nSPS) is 15.5. The van der Waals surface area contributed by atoms with Crippen molar-refractivity contribution >= 4 is 5.78 Å². The van der Waals surface area contributed by atoms with Gasteiger partial charge in [0.05, 0.1) is 13.1 Å². The second-order valence-electron chi connectivity index (χ2n) is 5.07. The van der Waals surface area contributed by atoms with Crippen LogP contribution in [0.3, 0.4) is 0 Å². The molecule has 0 fully saturated rings. The zero-order valence-corrected chi connectivity index (χ0v) is 11.2. The number of Topliss-reactive ketones (excluding diaryl/α,β-unsaturated/α-hetero) is 1. The minimum absolute atomic E-state index is 0.162. The summed E-state index contributed by atoms with van der Waals surface area (Å²) in [7, 11) is 0. The molecule has 19 heavy (non-hydrogen) atoms. The van der Waals surface area contributed by atoms with Crippen LogP contribution in [-0.4, -0.2) is 43.5 Å². The summed E-state index contributed by atoms with van der Waals surface area (Å²) in [6.45, 7) is 6.74. The third-order valence-corrected chi connectivity index (χ3v) is 3.54. The van der Waals surface area contributed by atoms with Gasteiger partial charge in [-0.25, -0.2) is 0 Å². The molecule has 0 saturated carbocycles. The standard InChI is InChI=1S/C13H17N5O/c1-9-5-11(10(2)15-9)12(19)6-17-3-4-18-8-14-16-13(18)7-17/h5,8,15H,3-4,6-7H2,1-2H3. The molecule has 0 radical (unpaired) electrons. The van der Waals surface area contributed by atoms with Crippen molar-refractivity contribution in [3.8, 4) is 0 Å². The number of aromatic amines is 1. The van der Waals surface area contributed by atoms with Gasteiger partial charge in [0, 0.05) is 30.0 Å². The summed E-state index contributed by atoms with van der Waals surface area (Å²) in [6.07, 6.45) is 1.74. The molecule has 3 heterocycles. The number of rotatable bonds is 3. The largest absolute Gasteiger partial charge is 0.362 e. The van der Waals surface area contributed by atoms with Crippen LogP contribution in [0.5, 0.6) is 0 Å². The second-order valence-corrected chi connectivity index (χ2v) is 5.07. The molecule has 1 N–H and O–H groups in total. The van der Waals surface area contributed by atoms with Gasteiger partial charge in [0.1, 0.15) is 12.2 Å². The van der Waals surface area contributed by atoms with Gasteiger partial charge >= 0.3 is 0 Å². The molecule has 0 amide bonds. The number of hydrogen-bond donors (Lipinski definition) is 1. The number of hydrogen-bond acceptors (Lipinski definition) is 4. The van der Waals surface area contributed by atoms with Gasteiger partial charge < -0.3 is 9.55 Å². The summed E-state index contributed by atoms with van der Waals surface area (Å²) in [6, 6.07) is 1.92. The molecule has 0 saturated heterocycles. The number of nitrogens with one attached hydrogen (secondary N) is 1. The van der Waals surface area contributed by atoms with Gasteiger partial charge in [0.2, 0.25) is 0 Å². The first-order valence-corrected chi connectivity index (χ1v) is 6.42.